The number of rotatable bonds is 7. The number of amides is 2. The predicted octanol–water partition coefficient (Wildman–Crippen LogP) is 6.31. The van der Waals surface area contributed by atoms with E-state index in [1.807, 2.05) is 54.3 Å². The zero-order chi connectivity index (χ0) is 25.7. The van der Waals surface area contributed by atoms with Crippen LogP contribution >= 0.6 is 23.2 Å². The van der Waals surface area contributed by atoms with Crippen molar-refractivity contribution in [1.29, 1.82) is 0 Å². The molecule has 8 heteroatoms. The fraction of sp³-hybridized carbons (Fsp3) is 0.286. The van der Waals surface area contributed by atoms with Crippen molar-refractivity contribution in [1.82, 2.24) is 4.90 Å². The lowest BCUT2D eigenvalue weighted by molar-refractivity contribution is 0.0746. The van der Waals surface area contributed by atoms with Crippen LogP contribution in [0, 0.1) is 6.92 Å². The normalized spacial score (nSPS) is 13.4. The fourth-order valence-corrected chi connectivity index (χ4v) is 4.71. The quantitative estimate of drug-likeness (QED) is 0.392. The summed E-state index contributed by atoms with van der Waals surface area (Å²) in [7, 11) is 0. The molecule has 1 aliphatic heterocycles. The Bertz CT molecular complexity index is 1240. The summed E-state index contributed by atoms with van der Waals surface area (Å²) in [5, 5.41) is 3.80. The summed E-state index contributed by atoms with van der Waals surface area (Å²) in [5.41, 5.74) is 3.50. The maximum Gasteiger partial charge on any atom is 0.257 e. The minimum Gasteiger partial charge on any atom is -0.494 e. The Labute approximate surface area is 221 Å². The fourth-order valence-electron chi connectivity index (χ4n) is 4.09. The van der Waals surface area contributed by atoms with E-state index in [0.29, 0.717) is 59.6 Å². The van der Waals surface area contributed by atoms with E-state index in [1.165, 1.54) is 0 Å². The van der Waals surface area contributed by atoms with Gasteiger partial charge >= 0.3 is 0 Å². The lowest BCUT2D eigenvalue weighted by atomic mass is 10.1. The lowest BCUT2D eigenvalue weighted by Crippen LogP contribution is -2.48. The lowest BCUT2D eigenvalue weighted by Gasteiger charge is -2.36. The van der Waals surface area contributed by atoms with Gasteiger partial charge in [-0.3, -0.25) is 9.59 Å². The first-order valence-corrected chi connectivity index (χ1v) is 12.8. The van der Waals surface area contributed by atoms with Gasteiger partial charge in [-0.15, -0.1) is 0 Å². The van der Waals surface area contributed by atoms with Crippen LogP contribution in [0.2, 0.25) is 10.0 Å². The first-order chi connectivity index (χ1) is 17.4. The monoisotopic (exact) mass is 525 g/mol. The van der Waals surface area contributed by atoms with Crippen molar-refractivity contribution in [3.8, 4) is 5.75 Å². The van der Waals surface area contributed by atoms with Crippen molar-refractivity contribution in [3.05, 3.63) is 87.4 Å². The topological polar surface area (TPSA) is 61.9 Å². The van der Waals surface area contributed by atoms with Gasteiger partial charge in [0.05, 0.1) is 27.9 Å². The molecule has 0 aromatic heterocycles. The number of benzene rings is 3. The SMILES string of the molecule is CCCOc1ccc(C(=O)N2CCN(c3ccc(NC(=O)c4ccc(C)cc4Cl)cc3Cl)CC2)cc1. The molecular formula is C28H29Cl2N3O3. The van der Waals surface area contributed by atoms with Crippen molar-refractivity contribution in [2.45, 2.75) is 20.3 Å². The van der Waals surface area contributed by atoms with E-state index in [4.69, 9.17) is 27.9 Å². The van der Waals surface area contributed by atoms with E-state index in [-0.39, 0.29) is 11.8 Å². The summed E-state index contributed by atoms with van der Waals surface area (Å²) in [5.74, 6) is 0.492. The number of ether oxygens (including phenoxy) is 1. The Balaban J connectivity index is 1.35. The first kappa shape index (κ1) is 25.9. The number of nitrogens with one attached hydrogen (secondary N) is 1. The number of anilines is 2. The molecule has 1 fully saturated rings. The highest BCUT2D eigenvalue weighted by Crippen LogP contribution is 2.30. The Hall–Kier alpha value is -3.22. The Morgan fingerprint density at radius 2 is 1.64 bits per heavy atom. The van der Waals surface area contributed by atoms with E-state index < -0.39 is 0 Å². The van der Waals surface area contributed by atoms with Crippen LogP contribution in [0.25, 0.3) is 0 Å². The van der Waals surface area contributed by atoms with Gasteiger partial charge in [0.2, 0.25) is 0 Å². The van der Waals surface area contributed by atoms with Crippen LogP contribution in [0.3, 0.4) is 0 Å². The molecule has 4 rings (SSSR count). The summed E-state index contributed by atoms with van der Waals surface area (Å²) in [6, 6.07) is 18.1. The van der Waals surface area contributed by atoms with E-state index in [0.717, 1.165) is 23.4 Å². The highest BCUT2D eigenvalue weighted by atomic mass is 35.5. The second-order valence-corrected chi connectivity index (χ2v) is 9.57. The van der Waals surface area contributed by atoms with Crippen molar-refractivity contribution >= 4 is 46.4 Å². The van der Waals surface area contributed by atoms with Gasteiger partial charge < -0.3 is 19.9 Å². The summed E-state index contributed by atoms with van der Waals surface area (Å²) in [6.45, 7) is 7.14. The molecule has 2 amide bonds. The highest BCUT2D eigenvalue weighted by molar-refractivity contribution is 6.35. The molecule has 1 aliphatic rings. The molecule has 0 atom stereocenters. The number of hydrogen-bond donors (Lipinski definition) is 1. The third kappa shape index (κ3) is 6.12. The Kier molecular flexibility index (Phi) is 8.39. The minimum atomic E-state index is -0.291. The van der Waals surface area contributed by atoms with E-state index >= 15 is 0 Å². The van der Waals surface area contributed by atoms with Crippen molar-refractivity contribution in [2.24, 2.45) is 0 Å². The third-order valence-electron chi connectivity index (χ3n) is 6.06. The van der Waals surface area contributed by atoms with Gasteiger partial charge in [0, 0.05) is 37.4 Å². The standard InChI is InChI=1S/C28H29Cl2N3O3/c1-3-16-36-22-8-5-20(6-9-22)28(35)33-14-12-32(13-15-33)26-11-7-21(18-25(26)30)31-27(34)23-10-4-19(2)17-24(23)29/h4-11,17-18H,3,12-16H2,1-2H3,(H,31,34). The largest absolute Gasteiger partial charge is 0.494 e. The van der Waals surface area contributed by atoms with Gasteiger partial charge in [0.25, 0.3) is 11.8 Å². The zero-order valence-electron chi connectivity index (χ0n) is 20.4. The van der Waals surface area contributed by atoms with Crippen LogP contribution in [0.1, 0.15) is 39.6 Å². The molecular weight excluding hydrogens is 497 g/mol. The molecule has 36 heavy (non-hydrogen) atoms. The molecule has 0 bridgehead atoms. The first-order valence-electron chi connectivity index (χ1n) is 12.0. The minimum absolute atomic E-state index is 0.00983. The van der Waals surface area contributed by atoms with Crippen LogP contribution in [0.5, 0.6) is 5.75 Å². The summed E-state index contributed by atoms with van der Waals surface area (Å²) >= 11 is 12.8. The average Bonchev–Trinajstić information content (AvgIpc) is 2.87. The second-order valence-electron chi connectivity index (χ2n) is 8.76. The van der Waals surface area contributed by atoms with Gasteiger partial charge in [0.1, 0.15) is 5.75 Å². The van der Waals surface area contributed by atoms with E-state index in [1.54, 1.807) is 18.2 Å². The summed E-state index contributed by atoms with van der Waals surface area (Å²) < 4.78 is 5.60. The molecule has 3 aromatic rings. The number of aryl methyl sites for hydroxylation is 1. The molecule has 6 nitrogen and oxygen atoms in total. The maximum atomic E-state index is 12.9. The molecule has 1 heterocycles. The van der Waals surface area contributed by atoms with E-state index in [9.17, 15) is 9.59 Å². The van der Waals surface area contributed by atoms with Crippen molar-refractivity contribution < 1.29 is 14.3 Å². The van der Waals surface area contributed by atoms with Crippen LogP contribution in [0.15, 0.2) is 60.7 Å². The number of halogens is 2. The van der Waals surface area contributed by atoms with Crippen LogP contribution in [0.4, 0.5) is 11.4 Å². The van der Waals surface area contributed by atoms with E-state index in [2.05, 4.69) is 17.1 Å². The van der Waals surface area contributed by atoms with Crippen LogP contribution in [-0.2, 0) is 0 Å². The third-order valence-corrected chi connectivity index (χ3v) is 6.67. The number of carbonyl (C=O) groups is 2. The Morgan fingerprint density at radius 3 is 2.28 bits per heavy atom. The van der Waals surface area contributed by atoms with Crippen molar-refractivity contribution in [3.63, 3.8) is 0 Å². The van der Waals surface area contributed by atoms with Crippen LogP contribution in [-0.4, -0.2) is 49.5 Å². The molecule has 0 aliphatic carbocycles. The molecule has 0 unspecified atom stereocenters. The summed E-state index contributed by atoms with van der Waals surface area (Å²) in [6.07, 6.45) is 0.939. The smallest absolute Gasteiger partial charge is 0.257 e. The number of carbonyl (C=O) groups excluding carboxylic acids is 2. The van der Waals surface area contributed by atoms with Gasteiger partial charge in [0.15, 0.2) is 0 Å². The summed E-state index contributed by atoms with van der Waals surface area (Å²) in [4.78, 5) is 29.6. The zero-order valence-corrected chi connectivity index (χ0v) is 21.9. The van der Waals surface area contributed by atoms with Gasteiger partial charge in [-0.05, 0) is 73.5 Å². The van der Waals surface area contributed by atoms with Gasteiger partial charge in [-0.25, -0.2) is 0 Å². The molecule has 0 saturated carbocycles. The Morgan fingerprint density at radius 1 is 0.917 bits per heavy atom. The number of hydrogen-bond acceptors (Lipinski definition) is 4. The molecule has 1 saturated heterocycles. The van der Waals surface area contributed by atoms with Crippen LogP contribution < -0.4 is 15.0 Å². The van der Waals surface area contributed by atoms with Gasteiger partial charge in [-0.1, -0.05) is 36.2 Å². The maximum absolute atomic E-state index is 12.9. The molecule has 0 radical (unpaired) electrons. The molecule has 3 aromatic carbocycles. The highest BCUT2D eigenvalue weighted by Gasteiger charge is 2.23. The molecule has 1 N–H and O–H groups in total. The molecule has 188 valence electrons. The van der Waals surface area contributed by atoms with Crippen molar-refractivity contribution in [2.75, 3.05) is 43.0 Å². The van der Waals surface area contributed by atoms with Gasteiger partial charge in [-0.2, -0.15) is 0 Å². The number of piperazine rings is 1. The molecule has 0 spiro atoms. The second kappa shape index (κ2) is 11.7. The average molecular weight is 526 g/mol. The number of nitrogens with zero attached hydrogens (tertiary/aromatic N) is 2. The predicted molar refractivity (Wildman–Crippen MR) is 146 cm³/mol.